The molecule has 0 spiro atoms. The molecule has 0 unspecified atom stereocenters. The summed E-state index contributed by atoms with van der Waals surface area (Å²) in [5, 5.41) is 12.1. The Balaban J connectivity index is 1.44. The van der Waals surface area contributed by atoms with Crippen LogP contribution in [0.3, 0.4) is 0 Å². The van der Waals surface area contributed by atoms with Crippen molar-refractivity contribution in [1.29, 1.82) is 0 Å². The highest BCUT2D eigenvalue weighted by Crippen LogP contribution is 2.10. The van der Waals surface area contributed by atoms with E-state index in [-0.39, 0.29) is 23.5 Å². The van der Waals surface area contributed by atoms with Crippen LogP contribution in [0.15, 0.2) is 48.5 Å². The average Bonchev–Trinajstić information content (AvgIpc) is 3.04. The van der Waals surface area contributed by atoms with Gasteiger partial charge in [0.15, 0.2) is 5.78 Å². The number of carbonyl (C=O) groups excluding carboxylic acids is 4. The Morgan fingerprint density at radius 1 is 0.409 bits per heavy atom. The number of rotatable bonds is 24. The topological polar surface area (TPSA) is 116 Å². The third-order valence-electron chi connectivity index (χ3n) is 7.78. The molecule has 8 nitrogen and oxygen atoms in total. The van der Waals surface area contributed by atoms with E-state index < -0.39 is 0 Å². The van der Waals surface area contributed by atoms with Gasteiger partial charge >= 0.3 is 0 Å². The molecule has 0 radical (unpaired) electrons. The Bertz CT molecular complexity index is 1120. The summed E-state index contributed by atoms with van der Waals surface area (Å²) < 4.78 is 0. The van der Waals surface area contributed by atoms with Crippen LogP contribution in [0.5, 0.6) is 0 Å². The minimum absolute atomic E-state index is 0.0102. The van der Waals surface area contributed by atoms with Crippen LogP contribution in [-0.2, 0) is 0 Å². The molecule has 2 aromatic rings. The van der Waals surface area contributed by atoms with Crippen LogP contribution < -0.4 is 21.3 Å². The van der Waals surface area contributed by atoms with Gasteiger partial charge in [0.1, 0.15) is 0 Å². The molecule has 2 aromatic carbocycles. The first-order valence-electron chi connectivity index (χ1n) is 16.6. The Morgan fingerprint density at radius 3 is 0.932 bits per heavy atom. The highest BCUT2D eigenvalue weighted by atomic mass is 16.2. The number of unbranched alkanes of at least 4 members (excludes halogenated alkanes) is 12. The largest absolute Gasteiger partial charge is 0.352 e. The molecule has 0 aliphatic heterocycles. The summed E-state index contributed by atoms with van der Waals surface area (Å²) in [6.45, 7) is 4.56. The first-order chi connectivity index (χ1) is 21.4. The van der Waals surface area contributed by atoms with Gasteiger partial charge in [-0.15, -0.1) is 0 Å². The lowest BCUT2D eigenvalue weighted by molar-refractivity contribution is 0.0941. The number of nitrogens with one attached hydrogen (secondary N) is 4. The summed E-state index contributed by atoms with van der Waals surface area (Å²) >= 11 is 0. The molecule has 8 heteroatoms. The molecule has 44 heavy (non-hydrogen) atoms. The van der Waals surface area contributed by atoms with Crippen molar-refractivity contribution in [3.8, 4) is 0 Å². The van der Waals surface area contributed by atoms with E-state index in [2.05, 4.69) is 21.3 Å². The van der Waals surface area contributed by atoms with Gasteiger partial charge < -0.3 is 21.3 Å². The predicted molar refractivity (Wildman–Crippen MR) is 178 cm³/mol. The normalized spacial score (nSPS) is 10.8. The van der Waals surface area contributed by atoms with Crippen LogP contribution >= 0.6 is 0 Å². The minimum Gasteiger partial charge on any atom is -0.352 e. The average molecular weight is 607 g/mol. The van der Waals surface area contributed by atoms with E-state index in [4.69, 9.17) is 0 Å². The van der Waals surface area contributed by atoms with Crippen molar-refractivity contribution >= 4 is 23.5 Å². The molecule has 0 saturated carbocycles. The lowest BCUT2D eigenvalue weighted by atomic mass is 10.1. The third kappa shape index (κ3) is 15.8. The van der Waals surface area contributed by atoms with Crippen molar-refractivity contribution in [2.45, 2.75) is 96.8 Å². The van der Waals surface area contributed by atoms with Gasteiger partial charge in [-0.2, -0.15) is 0 Å². The van der Waals surface area contributed by atoms with Gasteiger partial charge in [0.25, 0.3) is 17.7 Å². The molecule has 0 bridgehead atoms. The van der Waals surface area contributed by atoms with Crippen LogP contribution in [0, 0.1) is 0 Å². The zero-order valence-corrected chi connectivity index (χ0v) is 27.0. The molecule has 0 aliphatic carbocycles. The van der Waals surface area contributed by atoms with E-state index >= 15 is 0 Å². The summed E-state index contributed by atoms with van der Waals surface area (Å²) in [6.07, 6.45) is 15.7. The Labute approximate surface area is 264 Å². The maximum absolute atomic E-state index is 12.5. The molecule has 0 heterocycles. The standard InChI is InChI=1S/C36H54N4O4/c1-29(41)30-17-19-31(20-18-30)34(42)38-26-15-11-7-4-8-12-16-28-40-36(44)33-23-21-32(22-24-33)35(43)39-27-14-10-6-3-5-9-13-25-37-2/h17-24,37H,3-16,25-28H2,1-2H3,(H,38,42)(H,39,43)(H,40,44). The van der Waals surface area contributed by atoms with E-state index in [9.17, 15) is 19.2 Å². The quantitative estimate of drug-likeness (QED) is 0.0809. The highest BCUT2D eigenvalue weighted by Gasteiger charge is 2.09. The SMILES string of the molecule is CNCCCCCCCCCNC(=O)c1ccc(C(=O)NCCCCCCCCCNC(=O)c2ccc(C(C)=O)cc2)cc1. The van der Waals surface area contributed by atoms with Crippen molar-refractivity contribution < 1.29 is 19.2 Å². The first kappa shape index (κ1) is 36.7. The van der Waals surface area contributed by atoms with Gasteiger partial charge in [-0.3, -0.25) is 19.2 Å². The molecule has 3 amide bonds. The molecular weight excluding hydrogens is 552 g/mol. The van der Waals surface area contributed by atoms with Gasteiger partial charge in [0, 0.05) is 41.9 Å². The Kier molecular flexibility index (Phi) is 19.1. The zero-order chi connectivity index (χ0) is 31.8. The van der Waals surface area contributed by atoms with Gasteiger partial charge in [-0.05, 0) is 82.6 Å². The molecule has 4 N–H and O–H groups in total. The van der Waals surface area contributed by atoms with Crippen molar-refractivity contribution in [3.63, 3.8) is 0 Å². The van der Waals surface area contributed by atoms with Gasteiger partial charge in [0.2, 0.25) is 0 Å². The fourth-order valence-corrected chi connectivity index (χ4v) is 4.99. The lowest BCUT2D eigenvalue weighted by Crippen LogP contribution is -2.26. The monoisotopic (exact) mass is 606 g/mol. The Morgan fingerprint density at radius 2 is 0.659 bits per heavy atom. The van der Waals surface area contributed by atoms with Crippen molar-refractivity contribution in [2.24, 2.45) is 0 Å². The molecule has 0 atom stereocenters. The summed E-state index contributed by atoms with van der Waals surface area (Å²) in [4.78, 5) is 48.4. The van der Waals surface area contributed by atoms with E-state index in [1.807, 2.05) is 7.05 Å². The van der Waals surface area contributed by atoms with Gasteiger partial charge in [-0.1, -0.05) is 76.3 Å². The minimum atomic E-state index is -0.111. The van der Waals surface area contributed by atoms with Crippen LogP contribution in [0.4, 0.5) is 0 Å². The van der Waals surface area contributed by atoms with Crippen molar-refractivity contribution in [2.75, 3.05) is 33.2 Å². The van der Waals surface area contributed by atoms with E-state index in [1.165, 1.54) is 39.0 Å². The number of hydrogen-bond acceptors (Lipinski definition) is 5. The molecule has 242 valence electrons. The van der Waals surface area contributed by atoms with Crippen LogP contribution in [0.1, 0.15) is 138 Å². The second kappa shape index (κ2) is 22.9. The fourth-order valence-electron chi connectivity index (χ4n) is 4.99. The Hall–Kier alpha value is -3.52. The predicted octanol–water partition coefficient (Wildman–Crippen LogP) is 6.46. The first-order valence-corrected chi connectivity index (χ1v) is 16.6. The van der Waals surface area contributed by atoms with E-state index in [0.717, 1.165) is 64.3 Å². The number of carbonyl (C=O) groups is 4. The molecule has 0 saturated heterocycles. The summed E-state index contributed by atoms with van der Waals surface area (Å²) in [7, 11) is 1.99. The van der Waals surface area contributed by atoms with Crippen molar-refractivity contribution in [1.82, 2.24) is 21.3 Å². The third-order valence-corrected chi connectivity index (χ3v) is 7.78. The molecule has 0 aromatic heterocycles. The molecule has 0 aliphatic rings. The van der Waals surface area contributed by atoms with Crippen LogP contribution in [0.25, 0.3) is 0 Å². The molecular formula is C36H54N4O4. The summed E-state index contributed by atoms with van der Waals surface area (Å²) in [5.74, 6) is -0.322. The van der Waals surface area contributed by atoms with Gasteiger partial charge in [0.05, 0.1) is 0 Å². The molecule has 0 fully saturated rings. The number of hydrogen-bond donors (Lipinski definition) is 4. The van der Waals surface area contributed by atoms with E-state index in [1.54, 1.807) is 48.5 Å². The number of amides is 3. The second-order valence-corrected chi connectivity index (χ2v) is 11.5. The van der Waals surface area contributed by atoms with Crippen molar-refractivity contribution in [3.05, 3.63) is 70.8 Å². The second-order valence-electron chi connectivity index (χ2n) is 11.5. The maximum atomic E-state index is 12.5. The summed E-state index contributed by atoms with van der Waals surface area (Å²) in [5.41, 5.74) is 2.32. The number of ketones is 1. The lowest BCUT2D eigenvalue weighted by Gasteiger charge is -2.08. The smallest absolute Gasteiger partial charge is 0.251 e. The van der Waals surface area contributed by atoms with E-state index in [0.29, 0.717) is 41.9 Å². The number of Topliss-reactive ketones (excluding diaryl/α,β-unsaturated/α-hetero) is 1. The molecule has 2 rings (SSSR count). The highest BCUT2D eigenvalue weighted by molar-refractivity contribution is 5.98. The van der Waals surface area contributed by atoms with Crippen LogP contribution in [-0.4, -0.2) is 56.7 Å². The maximum Gasteiger partial charge on any atom is 0.251 e. The number of benzene rings is 2. The van der Waals surface area contributed by atoms with Gasteiger partial charge in [-0.25, -0.2) is 0 Å². The van der Waals surface area contributed by atoms with Crippen LogP contribution in [0.2, 0.25) is 0 Å². The summed E-state index contributed by atoms with van der Waals surface area (Å²) in [6, 6.07) is 13.6. The fraction of sp³-hybridized carbons (Fsp3) is 0.556. The zero-order valence-electron chi connectivity index (χ0n) is 27.0.